The third kappa shape index (κ3) is 6.09. The quantitative estimate of drug-likeness (QED) is 0.482. The van der Waals surface area contributed by atoms with Crippen LogP contribution in [0.25, 0.3) is 0 Å². The van der Waals surface area contributed by atoms with Crippen LogP contribution in [0, 0.1) is 13.8 Å². The zero-order chi connectivity index (χ0) is 23.3. The van der Waals surface area contributed by atoms with Crippen molar-refractivity contribution in [1.82, 2.24) is 4.72 Å². The van der Waals surface area contributed by atoms with Crippen LogP contribution in [0.3, 0.4) is 0 Å². The molecule has 0 radical (unpaired) electrons. The lowest BCUT2D eigenvalue weighted by Crippen LogP contribution is -2.27. The van der Waals surface area contributed by atoms with E-state index in [2.05, 4.69) is 10.0 Å². The Kier molecular flexibility index (Phi) is 7.56. The van der Waals surface area contributed by atoms with Crippen molar-refractivity contribution in [1.29, 1.82) is 0 Å². The number of aryl methyl sites for hydroxylation is 2. The Hall–Kier alpha value is -2.87. The molecule has 0 unspecified atom stereocenters. The minimum atomic E-state index is -3.80. The number of carbonyl (C=O) groups excluding carboxylic acids is 1. The molecule has 8 heteroatoms. The average Bonchev–Trinajstić information content (AvgIpc) is 2.75. The summed E-state index contributed by atoms with van der Waals surface area (Å²) in [6, 6.07) is 18.6. The van der Waals surface area contributed by atoms with Crippen molar-refractivity contribution in [2.75, 3.05) is 11.9 Å². The number of nitrogens with one attached hydrogen (secondary N) is 2. The highest BCUT2D eigenvalue weighted by Gasteiger charge is 2.20. The summed E-state index contributed by atoms with van der Waals surface area (Å²) in [5, 5.41) is 2.86. The summed E-state index contributed by atoms with van der Waals surface area (Å²) in [6.07, 6.45) is 0. The number of rotatable bonds is 8. The fourth-order valence-corrected chi connectivity index (χ4v) is 4.59. The van der Waals surface area contributed by atoms with Crippen LogP contribution in [0.4, 0.5) is 5.69 Å². The van der Waals surface area contributed by atoms with Gasteiger partial charge in [-0.25, -0.2) is 13.1 Å². The standard InChI is InChI=1S/C24H25ClN2O4S/c1-16-9-10-20(13-17(16)2)26-24(28)15-31-23-12-11-21(14-22(23)25)32(29,30)27-18(3)19-7-5-4-6-8-19/h4-14,18,27H,15H2,1-3H3,(H,26,28)/t18-/m1/s1. The van der Waals surface area contributed by atoms with E-state index in [-0.39, 0.29) is 28.2 Å². The molecule has 1 atom stereocenters. The Morgan fingerprint density at radius 3 is 2.38 bits per heavy atom. The van der Waals surface area contributed by atoms with Gasteiger partial charge in [-0.15, -0.1) is 0 Å². The molecule has 0 aromatic heterocycles. The number of benzene rings is 3. The van der Waals surface area contributed by atoms with Gasteiger partial charge in [0.2, 0.25) is 10.0 Å². The smallest absolute Gasteiger partial charge is 0.262 e. The summed E-state index contributed by atoms with van der Waals surface area (Å²) in [4.78, 5) is 12.2. The minimum Gasteiger partial charge on any atom is -0.482 e. The highest BCUT2D eigenvalue weighted by Crippen LogP contribution is 2.28. The lowest BCUT2D eigenvalue weighted by molar-refractivity contribution is -0.118. The van der Waals surface area contributed by atoms with Crippen molar-refractivity contribution < 1.29 is 17.9 Å². The van der Waals surface area contributed by atoms with Gasteiger partial charge in [0.05, 0.1) is 9.92 Å². The van der Waals surface area contributed by atoms with Crippen molar-refractivity contribution in [3.05, 3.63) is 88.4 Å². The molecule has 3 aromatic rings. The normalized spacial score (nSPS) is 12.2. The second-order valence-corrected chi connectivity index (χ2v) is 9.60. The zero-order valence-corrected chi connectivity index (χ0v) is 19.6. The van der Waals surface area contributed by atoms with E-state index in [9.17, 15) is 13.2 Å². The van der Waals surface area contributed by atoms with E-state index in [1.807, 2.05) is 62.4 Å². The highest BCUT2D eigenvalue weighted by atomic mass is 35.5. The molecule has 32 heavy (non-hydrogen) atoms. The number of anilines is 1. The van der Waals surface area contributed by atoms with Crippen molar-refractivity contribution in [3.8, 4) is 5.75 Å². The number of hydrogen-bond acceptors (Lipinski definition) is 4. The van der Waals surface area contributed by atoms with Crippen LogP contribution >= 0.6 is 11.6 Å². The van der Waals surface area contributed by atoms with E-state index in [0.29, 0.717) is 5.69 Å². The van der Waals surface area contributed by atoms with Crippen molar-refractivity contribution in [2.45, 2.75) is 31.7 Å². The van der Waals surface area contributed by atoms with Gasteiger partial charge in [0.1, 0.15) is 5.75 Å². The Labute approximate surface area is 193 Å². The van der Waals surface area contributed by atoms with E-state index < -0.39 is 16.1 Å². The molecular weight excluding hydrogens is 448 g/mol. The predicted molar refractivity (Wildman–Crippen MR) is 127 cm³/mol. The lowest BCUT2D eigenvalue weighted by atomic mass is 10.1. The number of ether oxygens (including phenoxy) is 1. The van der Waals surface area contributed by atoms with Gasteiger partial charge >= 0.3 is 0 Å². The fourth-order valence-electron chi connectivity index (χ4n) is 3.04. The van der Waals surface area contributed by atoms with Crippen LogP contribution in [0.15, 0.2) is 71.6 Å². The second kappa shape index (κ2) is 10.2. The molecule has 0 saturated heterocycles. The van der Waals surface area contributed by atoms with E-state index in [0.717, 1.165) is 16.7 Å². The molecule has 0 aliphatic heterocycles. The van der Waals surface area contributed by atoms with E-state index in [1.165, 1.54) is 18.2 Å². The predicted octanol–water partition coefficient (Wildman–Crippen LogP) is 5.01. The minimum absolute atomic E-state index is 0.0113. The number of carbonyl (C=O) groups is 1. The number of amides is 1. The van der Waals surface area contributed by atoms with E-state index >= 15 is 0 Å². The van der Waals surface area contributed by atoms with Crippen molar-refractivity contribution in [3.63, 3.8) is 0 Å². The Morgan fingerprint density at radius 1 is 1.00 bits per heavy atom. The van der Waals surface area contributed by atoms with Crippen LogP contribution in [-0.2, 0) is 14.8 Å². The van der Waals surface area contributed by atoms with Crippen LogP contribution in [-0.4, -0.2) is 20.9 Å². The largest absolute Gasteiger partial charge is 0.482 e. The topological polar surface area (TPSA) is 84.5 Å². The summed E-state index contributed by atoms with van der Waals surface area (Å²) >= 11 is 6.22. The average molecular weight is 473 g/mol. The van der Waals surface area contributed by atoms with Gasteiger partial charge in [-0.3, -0.25) is 4.79 Å². The summed E-state index contributed by atoms with van der Waals surface area (Å²) in [6.45, 7) is 5.46. The SMILES string of the molecule is Cc1ccc(NC(=O)COc2ccc(S(=O)(=O)N[C@H](C)c3ccccc3)cc2Cl)cc1C. The third-order valence-electron chi connectivity index (χ3n) is 4.99. The summed E-state index contributed by atoms with van der Waals surface area (Å²) in [5.74, 6) is -0.128. The Morgan fingerprint density at radius 2 is 1.72 bits per heavy atom. The number of sulfonamides is 1. The first-order valence-corrected chi connectivity index (χ1v) is 11.9. The van der Waals surface area contributed by atoms with Crippen LogP contribution < -0.4 is 14.8 Å². The van der Waals surface area contributed by atoms with Crippen molar-refractivity contribution >= 4 is 33.2 Å². The number of hydrogen-bond donors (Lipinski definition) is 2. The highest BCUT2D eigenvalue weighted by molar-refractivity contribution is 7.89. The molecule has 2 N–H and O–H groups in total. The fraction of sp³-hybridized carbons (Fsp3) is 0.208. The second-order valence-electron chi connectivity index (χ2n) is 7.48. The van der Waals surface area contributed by atoms with Crippen molar-refractivity contribution in [2.24, 2.45) is 0 Å². The maximum absolute atomic E-state index is 12.7. The summed E-state index contributed by atoms with van der Waals surface area (Å²) in [5.41, 5.74) is 3.72. The molecule has 3 rings (SSSR count). The van der Waals surface area contributed by atoms with E-state index in [1.54, 1.807) is 6.92 Å². The maximum Gasteiger partial charge on any atom is 0.262 e. The van der Waals surface area contributed by atoms with Gasteiger partial charge in [0, 0.05) is 11.7 Å². The molecule has 3 aromatic carbocycles. The van der Waals surface area contributed by atoms with E-state index in [4.69, 9.17) is 16.3 Å². The Balaban J connectivity index is 1.62. The van der Waals surface area contributed by atoms with Gasteiger partial charge in [-0.1, -0.05) is 48.0 Å². The molecule has 0 saturated carbocycles. The molecule has 1 amide bonds. The molecule has 0 spiro atoms. The van der Waals surface area contributed by atoms with Gasteiger partial charge in [-0.05, 0) is 67.8 Å². The molecule has 0 fully saturated rings. The lowest BCUT2D eigenvalue weighted by Gasteiger charge is -2.15. The first-order valence-electron chi connectivity index (χ1n) is 10.0. The maximum atomic E-state index is 12.7. The molecule has 6 nitrogen and oxygen atoms in total. The van der Waals surface area contributed by atoms with Gasteiger partial charge < -0.3 is 10.1 Å². The molecule has 0 bridgehead atoms. The first-order chi connectivity index (χ1) is 15.2. The van der Waals surface area contributed by atoms with Crippen LogP contribution in [0.5, 0.6) is 5.75 Å². The molecular formula is C24H25ClN2O4S. The van der Waals surface area contributed by atoms with Crippen LogP contribution in [0.2, 0.25) is 5.02 Å². The summed E-state index contributed by atoms with van der Waals surface area (Å²) < 4.78 is 33.6. The van der Waals surface area contributed by atoms with Crippen LogP contribution in [0.1, 0.15) is 29.7 Å². The monoisotopic (exact) mass is 472 g/mol. The molecule has 0 aliphatic rings. The first kappa shape index (κ1) is 23.8. The zero-order valence-electron chi connectivity index (χ0n) is 18.1. The van der Waals surface area contributed by atoms with Gasteiger partial charge in [-0.2, -0.15) is 0 Å². The van der Waals surface area contributed by atoms with Gasteiger partial charge in [0.25, 0.3) is 5.91 Å². The molecule has 0 heterocycles. The van der Waals surface area contributed by atoms with Gasteiger partial charge in [0.15, 0.2) is 6.61 Å². The molecule has 168 valence electrons. The third-order valence-corrected chi connectivity index (χ3v) is 6.83. The summed E-state index contributed by atoms with van der Waals surface area (Å²) in [7, 11) is -3.80. The number of halogens is 1. The Bertz CT molecular complexity index is 1210. The molecule has 0 aliphatic carbocycles.